The standard InChI is InChI=1S/C19H21NO5/c1-20(12-14-7-5-4-6-8-14)18(21)13-25-17-11-15(23-2)9-10-16(17)19(22)24-3/h4-11H,12-13H2,1-3H3. The molecule has 2 aromatic carbocycles. The lowest BCUT2D eigenvalue weighted by Crippen LogP contribution is -2.31. The Labute approximate surface area is 146 Å². The van der Waals surface area contributed by atoms with Gasteiger partial charge in [-0.3, -0.25) is 4.79 Å². The number of methoxy groups -OCH3 is 2. The highest BCUT2D eigenvalue weighted by Crippen LogP contribution is 2.25. The number of nitrogens with zero attached hydrogens (tertiary/aromatic N) is 1. The van der Waals surface area contributed by atoms with Gasteiger partial charge >= 0.3 is 5.97 Å². The second-order valence-electron chi connectivity index (χ2n) is 5.38. The van der Waals surface area contributed by atoms with Gasteiger partial charge in [-0.2, -0.15) is 0 Å². The molecule has 0 radical (unpaired) electrons. The van der Waals surface area contributed by atoms with Gasteiger partial charge in [-0.05, 0) is 17.7 Å². The zero-order valence-electron chi connectivity index (χ0n) is 14.5. The highest BCUT2D eigenvalue weighted by atomic mass is 16.5. The van der Waals surface area contributed by atoms with Crippen LogP contribution in [0.15, 0.2) is 48.5 Å². The van der Waals surface area contributed by atoms with Crippen molar-refractivity contribution >= 4 is 11.9 Å². The van der Waals surface area contributed by atoms with Gasteiger partial charge in [0.25, 0.3) is 5.91 Å². The number of benzene rings is 2. The lowest BCUT2D eigenvalue weighted by molar-refractivity contribution is -0.132. The minimum absolute atomic E-state index is 0.194. The first-order valence-corrected chi connectivity index (χ1v) is 7.72. The second-order valence-corrected chi connectivity index (χ2v) is 5.38. The van der Waals surface area contributed by atoms with Crippen molar-refractivity contribution in [2.24, 2.45) is 0 Å². The smallest absolute Gasteiger partial charge is 0.341 e. The molecule has 0 bridgehead atoms. The van der Waals surface area contributed by atoms with Gasteiger partial charge in [-0.15, -0.1) is 0 Å². The molecule has 2 aromatic rings. The fourth-order valence-corrected chi connectivity index (χ4v) is 2.22. The molecule has 132 valence electrons. The fourth-order valence-electron chi connectivity index (χ4n) is 2.22. The third kappa shape index (κ3) is 4.97. The summed E-state index contributed by atoms with van der Waals surface area (Å²) in [6.07, 6.45) is 0. The molecule has 6 heteroatoms. The lowest BCUT2D eigenvalue weighted by atomic mass is 10.2. The van der Waals surface area contributed by atoms with Crippen LogP contribution < -0.4 is 9.47 Å². The zero-order chi connectivity index (χ0) is 18.2. The monoisotopic (exact) mass is 343 g/mol. The summed E-state index contributed by atoms with van der Waals surface area (Å²) < 4.78 is 15.4. The molecule has 0 aliphatic heterocycles. The molecule has 0 saturated heterocycles. The fraction of sp³-hybridized carbons (Fsp3) is 0.263. The topological polar surface area (TPSA) is 65.1 Å². The summed E-state index contributed by atoms with van der Waals surface area (Å²) in [6, 6.07) is 14.4. The normalized spacial score (nSPS) is 10.0. The number of carbonyl (C=O) groups excluding carboxylic acids is 2. The maximum absolute atomic E-state index is 12.3. The van der Waals surface area contributed by atoms with Crippen LogP contribution in [0.3, 0.4) is 0 Å². The summed E-state index contributed by atoms with van der Waals surface area (Å²) in [5.74, 6) is 0.0191. The van der Waals surface area contributed by atoms with Crippen molar-refractivity contribution in [1.82, 2.24) is 4.90 Å². The summed E-state index contributed by atoms with van der Waals surface area (Å²) in [6.45, 7) is 0.283. The van der Waals surface area contributed by atoms with Crippen molar-refractivity contribution in [2.75, 3.05) is 27.9 Å². The van der Waals surface area contributed by atoms with E-state index in [1.165, 1.54) is 20.3 Å². The average Bonchev–Trinajstić information content (AvgIpc) is 2.65. The van der Waals surface area contributed by atoms with E-state index in [4.69, 9.17) is 14.2 Å². The molecule has 0 aliphatic carbocycles. The number of amides is 1. The van der Waals surface area contributed by atoms with Crippen LogP contribution >= 0.6 is 0 Å². The van der Waals surface area contributed by atoms with Crippen LogP contribution in [-0.2, 0) is 16.1 Å². The molecule has 0 heterocycles. The molecule has 1 amide bonds. The number of hydrogen-bond acceptors (Lipinski definition) is 5. The van der Waals surface area contributed by atoms with E-state index in [1.54, 1.807) is 24.1 Å². The average molecular weight is 343 g/mol. The van der Waals surface area contributed by atoms with Crippen LogP contribution in [-0.4, -0.2) is 44.7 Å². The largest absolute Gasteiger partial charge is 0.497 e. The molecule has 0 spiro atoms. The van der Waals surface area contributed by atoms with Crippen LogP contribution in [0.1, 0.15) is 15.9 Å². The molecule has 6 nitrogen and oxygen atoms in total. The third-order valence-corrected chi connectivity index (χ3v) is 3.63. The Kier molecular flexibility index (Phi) is 6.39. The van der Waals surface area contributed by atoms with Gasteiger partial charge in [0.1, 0.15) is 17.1 Å². The highest BCUT2D eigenvalue weighted by molar-refractivity contribution is 5.92. The van der Waals surface area contributed by atoms with E-state index in [0.29, 0.717) is 12.3 Å². The van der Waals surface area contributed by atoms with Crippen LogP contribution in [0.5, 0.6) is 11.5 Å². The van der Waals surface area contributed by atoms with Gasteiger partial charge in [0.2, 0.25) is 0 Å². The summed E-state index contributed by atoms with van der Waals surface area (Å²) in [5, 5.41) is 0. The first-order valence-electron chi connectivity index (χ1n) is 7.72. The van der Waals surface area contributed by atoms with Crippen LogP contribution in [0.4, 0.5) is 0 Å². The van der Waals surface area contributed by atoms with E-state index in [0.717, 1.165) is 5.56 Å². The van der Waals surface area contributed by atoms with E-state index in [2.05, 4.69) is 0 Å². The van der Waals surface area contributed by atoms with Crippen molar-refractivity contribution < 1.29 is 23.8 Å². The number of likely N-dealkylation sites (N-methyl/N-ethyl adjacent to an activating group) is 1. The Balaban J connectivity index is 2.04. The van der Waals surface area contributed by atoms with Crippen LogP contribution in [0, 0.1) is 0 Å². The number of rotatable bonds is 7. The third-order valence-electron chi connectivity index (χ3n) is 3.63. The zero-order valence-corrected chi connectivity index (χ0v) is 14.5. The minimum Gasteiger partial charge on any atom is -0.497 e. The van der Waals surface area contributed by atoms with E-state index >= 15 is 0 Å². The molecule has 2 rings (SSSR count). The maximum Gasteiger partial charge on any atom is 0.341 e. The van der Waals surface area contributed by atoms with Crippen molar-refractivity contribution in [1.29, 1.82) is 0 Å². The van der Waals surface area contributed by atoms with E-state index in [1.807, 2.05) is 30.3 Å². The molecule has 0 N–H and O–H groups in total. The second kappa shape index (κ2) is 8.73. The number of ether oxygens (including phenoxy) is 3. The summed E-state index contributed by atoms with van der Waals surface area (Å²) in [7, 11) is 4.50. The first kappa shape index (κ1) is 18.3. The number of hydrogen-bond donors (Lipinski definition) is 0. The van der Waals surface area contributed by atoms with Crippen LogP contribution in [0.25, 0.3) is 0 Å². The Morgan fingerprint density at radius 3 is 2.40 bits per heavy atom. The quantitative estimate of drug-likeness (QED) is 0.723. The highest BCUT2D eigenvalue weighted by Gasteiger charge is 2.17. The molecule has 25 heavy (non-hydrogen) atoms. The van der Waals surface area contributed by atoms with Crippen LogP contribution in [0.2, 0.25) is 0 Å². The van der Waals surface area contributed by atoms with Gasteiger partial charge in [0.05, 0.1) is 14.2 Å². The van der Waals surface area contributed by atoms with Gasteiger partial charge in [0, 0.05) is 19.7 Å². The van der Waals surface area contributed by atoms with Gasteiger partial charge < -0.3 is 19.1 Å². The first-order chi connectivity index (χ1) is 12.0. The molecular weight excluding hydrogens is 322 g/mol. The van der Waals surface area contributed by atoms with Gasteiger partial charge in [-0.1, -0.05) is 30.3 Å². The van der Waals surface area contributed by atoms with Gasteiger partial charge in [-0.25, -0.2) is 4.79 Å². The molecular formula is C19H21NO5. The Morgan fingerprint density at radius 1 is 1.04 bits per heavy atom. The molecule has 0 aromatic heterocycles. The lowest BCUT2D eigenvalue weighted by Gasteiger charge is -2.18. The molecule has 0 aliphatic rings. The Morgan fingerprint density at radius 2 is 1.76 bits per heavy atom. The predicted molar refractivity (Wildman–Crippen MR) is 92.7 cm³/mol. The maximum atomic E-state index is 12.3. The summed E-state index contributed by atoms with van der Waals surface area (Å²) in [4.78, 5) is 25.7. The molecule has 0 unspecified atom stereocenters. The Hall–Kier alpha value is -3.02. The number of carbonyl (C=O) groups is 2. The number of esters is 1. The predicted octanol–water partition coefficient (Wildman–Crippen LogP) is 2.52. The van der Waals surface area contributed by atoms with Crippen molar-refractivity contribution in [3.8, 4) is 11.5 Å². The van der Waals surface area contributed by atoms with Gasteiger partial charge in [0.15, 0.2) is 6.61 Å². The summed E-state index contributed by atoms with van der Waals surface area (Å²) >= 11 is 0. The Bertz CT molecular complexity index is 730. The molecule has 0 saturated carbocycles. The molecule has 0 fully saturated rings. The van der Waals surface area contributed by atoms with E-state index in [9.17, 15) is 9.59 Å². The van der Waals surface area contributed by atoms with E-state index in [-0.39, 0.29) is 23.8 Å². The SMILES string of the molecule is COC(=O)c1ccc(OC)cc1OCC(=O)N(C)Cc1ccccc1. The van der Waals surface area contributed by atoms with E-state index < -0.39 is 5.97 Å². The van der Waals surface area contributed by atoms with Crippen molar-refractivity contribution in [2.45, 2.75) is 6.54 Å². The van der Waals surface area contributed by atoms with Crippen molar-refractivity contribution in [3.63, 3.8) is 0 Å². The molecule has 0 atom stereocenters. The summed E-state index contributed by atoms with van der Waals surface area (Å²) in [5.41, 5.74) is 1.26. The van der Waals surface area contributed by atoms with Crippen molar-refractivity contribution in [3.05, 3.63) is 59.7 Å². The minimum atomic E-state index is -0.539.